The summed E-state index contributed by atoms with van der Waals surface area (Å²) in [7, 11) is 3.18. The van der Waals surface area contributed by atoms with E-state index in [0.29, 0.717) is 16.5 Å². The van der Waals surface area contributed by atoms with Gasteiger partial charge in [-0.1, -0.05) is 16.8 Å². The fourth-order valence-corrected chi connectivity index (χ4v) is 2.33. The quantitative estimate of drug-likeness (QED) is 0.757. The van der Waals surface area contributed by atoms with Gasteiger partial charge in [0.2, 0.25) is 0 Å². The molecule has 0 saturated heterocycles. The normalized spacial score (nSPS) is 10.6. The van der Waals surface area contributed by atoms with E-state index in [1.54, 1.807) is 20.4 Å². The molecule has 2 rings (SSSR count). The van der Waals surface area contributed by atoms with Crippen molar-refractivity contribution in [1.29, 1.82) is 0 Å². The van der Waals surface area contributed by atoms with Crippen molar-refractivity contribution in [2.24, 2.45) is 0 Å². The molecule has 21 heavy (non-hydrogen) atoms. The van der Waals surface area contributed by atoms with Gasteiger partial charge in [0, 0.05) is 19.3 Å². The maximum absolute atomic E-state index is 6.17. The van der Waals surface area contributed by atoms with Gasteiger partial charge in [0.25, 0.3) is 0 Å². The molecule has 0 bridgehead atoms. The van der Waals surface area contributed by atoms with E-state index in [4.69, 9.17) is 21.1 Å². The van der Waals surface area contributed by atoms with Gasteiger partial charge >= 0.3 is 0 Å². The van der Waals surface area contributed by atoms with Gasteiger partial charge in [-0.25, -0.2) is 0 Å². The van der Waals surface area contributed by atoms with Crippen molar-refractivity contribution >= 4 is 11.6 Å². The Morgan fingerprint density at radius 3 is 2.81 bits per heavy atom. The Hall–Kier alpha value is -1.79. The number of rotatable bonds is 8. The number of aryl methyl sites for hydroxylation is 1. The van der Waals surface area contributed by atoms with Gasteiger partial charge < -0.3 is 14.8 Å². The molecule has 1 heterocycles. The predicted octanol–water partition coefficient (Wildman–Crippen LogP) is 2.13. The number of nitrogens with zero attached hydrogens (tertiary/aromatic N) is 3. The van der Waals surface area contributed by atoms with Gasteiger partial charge in [-0.2, -0.15) is 0 Å². The lowest BCUT2D eigenvalue weighted by Crippen LogP contribution is -2.16. The topological polar surface area (TPSA) is 61.2 Å². The van der Waals surface area contributed by atoms with E-state index >= 15 is 0 Å². The SMILES string of the molecule is COc1cc(CNCCCn2ccnn2)cc(Cl)c1OC. The van der Waals surface area contributed by atoms with Gasteiger partial charge in [0.15, 0.2) is 11.5 Å². The summed E-state index contributed by atoms with van der Waals surface area (Å²) in [5.74, 6) is 1.21. The molecule has 0 aliphatic carbocycles. The highest BCUT2D eigenvalue weighted by atomic mass is 35.5. The lowest BCUT2D eigenvalue weighted by molar-refractivity contribution is 0.354. The van der Waals surface area contributed by atoms with E-state index in [-0.39, 0.29) is 0 Å². The summed E-state index contributed by atoms with van der Waals surface area (Å²) in [6, 6.07) is 3.81. The van der Waals surface area contributed by atoms with Crippen LogP contribution < -0.4 is 14.8 Å². The summed E-state index contributed by atoms with van der Waals surface area (Å²) < 4.78 is 12.3. The molecular weight excluding hydrogens is 292 g/mol. The van der Waals surface area contributed by atoms with E-state index in [1.165, 1.54) is 0 Å². The van der Waals surface area contributed by atoms with Crippen molar-refractivity contribution < 1.29 is 9.47 Å². The summed E-state index contributed by atoms with van der Waals surface area (Å²) in [6.45, 7) is 2.45. The molecule has 0 aliphatic heterocycles. The second kappa shape index (κ2) is 7.85. The second-order valence-corrected chi connectivity index (χ2v) is 4.92. The van der Waals surface area contributed by atoms with Crippen LogP contribution in [0.15, 0.2) is 24.5 Å². The molecule has 0 radical (unpaired) electrons. The lowest BCUT2D eigenvalue weighted by atomic mass is 10.2. The van der Waals surface area contributed by atoms with Crippen molar-refractivity contribution in [2.45, 2.75) is 19.5 Å². The number of aromatic nitrogens is 3. The fraction of sp³-hybridized carbons (Fsp3) is 0.429. The number of ether oxygens (including phenoxy) is 2. The number of methoxy groups -OCH3 is 2. The molecule has 0 aliphatic rings. The van der Waals surface area contributed by atoms with E-state index in [1.807, 2.05) is 23.0 Å². The van der Waals surface area contributed by atoms with Crippen molar-refractivity contribution in [3.63, 3.8) is 0 Å². The van der Waals surface area contributed by atoms with Crippen molar-refractivity contribution in [1.82, 2.24) is 20.3 Å². The highest BCUT2D eigenvalue weighted by Crippen LogP contribution is 2.35. The molecule has 2 aromatic rings. The number of hydrogen-bond donors (Lipinski definition) is 1. The minimum absolute atomic E-state index is 0.552. The summed E-state index contributed by atoms with van der Waals surface area (Å²) in [5, 5.41) is 11.6. The molecule has 0 spiro atoms. The van der Waals surface area contributed by atoms with Crippen LogP contribution in [0.2, 0.25) is 5.02 Å². The Labute approximate surface area is 129 Å². The van der Waals surface area contributed by atoms with Crippen LogP contribution >= 0.6 is 11.6 Å². The van der Waals surface area contributed by atoms with Crippen LogP contribution in [0.1, 0.15) is 12.0 Å². The Morgan fingerprint density at radius 1 is 1.29 bits per heavy atom. The molecule has 0 unspecified atom stereocenters. The summed E-state index contributed by atoms with van der Waals surface area (Å²) in [6.07, 6.45) is 4.51. The van der Waals surface area contributed by atoms with Crippen LogP contribution in [-0.2, 0) is 13.1 Å². The van der Waals surface area contributed by atoms with Gasteiger partial charge in [-0.05, 0) is 30.7 Å². The number of benzene rings is 1. The predicted molar refractivity (Wildman–Crippen MR) is 80.9 cm³/mol. The molecule has 0 fully saturated rings. The first-order valence-corrected chi connectivity index (χ1v) is 7.07. The van der Waals surface area contributed by atoms with E-state index in [0.717, 1.165) is 31.6 Å². The molecule has 0 saturated carbocycles. The van der Waals surface area contributed by atoms with E-state index in [9.17, 15) is 0 Å². The van der Waals surface area contributed by atoms with Crippen molar-refractivity contribution in [2.75, 3.05) is 20.8 Å². The molecule has 0 atom stereocenters. The largest absolute Gasteiger partial charge is 0.493 e. The average Bonchev–Trinajstić information content (AvgIpc) is 2.99. The summed E-state index contributed by atoms with van der Waals surface area (Å²) in [5.41, 5.74) is 1.05. The molecule has 1 aromatic carbocycles. The van der Waals surface area contributed by atoms with Gasteiger partial charge in [0.1, 0.15) is 0 Å². The third-order valence-electron chi connectivity index (χ3n) is 3.04. The molecule has 1 aromatic heterocycles. The first kappa shape index (κ1) is 15.6. The van der Waals surface area contributed by atoms with Crippen LogP contribution in [0.5, 0.6) is 11.5 Å². The maximum atomic E-state index is 6.17. The van der Waals surface area contributed by atoms with Crippen LogP contribution in [-0.4, -0.2) is 35.8 Å². The molecule has 6 nitrogen and oxygen atoms in total. The smallest absolute Gasteiger partial charge is 0.179 e. The number of nitrogens with one attached hydrogen (secondary N) is 1. The molecule has 0 amide bonds. The molecule has 114 valence electrons. The first-order chi connectivity index (χ1) is 10.2. The van der Waals surface area contributed by atoms with Crippen LogP contribution in [0.4, 0.5) is 0 Å². The van der Waals surface area contributed by atoms with Gasteiger partial charge in [-0.15, -0.1) is 5.10 Å². The number of halogens is 1. The minimum Gasteiger partial charge on any atom is -0.493 e. The third-order valence-corrected chi connectivity index (χ3v) is 3.32. The monoisotopic (exact) mass is 310 g/mol. The van der Waals surface area contributed by atoms with Crippen molar-refractivity contribution in [3.05, 3.63) is 35.1 Å². The average molecular weight is 311 g/mol. The Balaban J connectivity index is 1.81. The number of hydrogen-bond acceptors (Lipinski definition) is 5. The van der Waals surface area contributed by atoms with Crippen LogP contribution in [0, 0.1) is 0 Å². The van der Waals surface area contributed by atoms with Gasteiger partial charge in [-0.3, -0.25) is 4.68 Å². The Morgan fingerprint density at radius 2 is 2.14 bits per heavy atom. The Kier molecular flexibility index (Phi) is 5.83. The second-order valence-electron chi connectivity index (χ2n) is 4.51. The highest BCUT2D eigenvalue weighted by molar-refractivity contribution is 6.32. The maximum Gasteiger partial charge on any atom is 0.179 e. The molecular formula is C14H19ClN4O2. The lowest BCUT2D eigenvalue weighted by Gasteiger charge is -2.12. The zero-order valence-electron chi connectivity index (χ0n) is 12.2. The van der Waals surface area contributed by atoms with Crippen molar-refractivity contribution in [3.8, 4) is 11.5 Å². The molecule has 1 N–H and O–H groups in total. The van der Waals surface area contributed by atoms with E-state index in [2.05, 4.69) is 15.6 Å². The Bertz CT molecular complexity index is 560. The highest BCUT2D eigenvalue weighted by Gasteiger charge is 2.10. The zero-order valence-corrected chi connectivity index (χ0v) is 12.9. The zero-order chi connectivity index (χ0) is 15.1. The molecule has 7 heteroatoms. The third kappa shape index (κ3) is 4.34. The summed E-state index contributed by atoms with van der Waals surface area (Å²) in [4.78, 5) is 0. The van der Waals surface area contributed by atoms with Gasteiger partial charge in [0.05, 0.1) is 25.4 Å². The van der Waals surface area contributed by atoms with Crippen LogP contribution in [0.3, 0.4) is 0 Å². The first-order valence-electron chi connectivity index (χ1n) is 6.70. The summed E-state index contributed by atoms with van der Waals surface area (Å²) >= 11 is 6.17. The standard InChI is InChI=1S/C14H19ClN4O2/c1-20-13-9-11(8-12(15)14(13)21-2)10-16-4-3-6-19-7-5-17-18-19/h5,7-9,16H,3-4,6,10H2,1-2H3. The fourth-order valence-electron chi connectivity index (χ4n) is 2.02. The van der Waals surface area contributed by atoms with Crippen LogP contribution in [0.25, 0.3) is 0 Å². The minimum atomic E-state index is 0.552. The van der Waals surface area contributed by atoms with E-state index < -0.39 is 0 Å².